The second kappa shape index (κ2) is 7.21. The molecule has 2 aliphatic rings. The topological polar surface area (TPSA) is 49.3 Å². The van der Waals surface area contributed by atoms with Gasteiger partial charge < -0.3 is 4.90 Å². The van der Waals surface area contributed by atoms with E-state index in [0.29, 0.717) is 6.54 Å². The predicted molar refractivity (Wildman–Crippen MR) is 89.7 cm³/mol. The van der Waals surface area contributed by atoms with E-state index in [4.69, 9.17) is 0 Å². The van der Waals surface area contributed by atoms with E-state index in [1.807, 2.05) is 18.0 Å². The molecule has 124 valence electrons. The van der Waals surface area contributed by atoms with Gasteiger partial charge in [0, 0.05) is 31.5 Å². The number of aromatic nitrogens is 2. The van der Waals surface area contributed by atoms with Gasteiger partial charge in [0.25, 0.3) is 0 Å². The minimum Gasteiger partial charge on any atom is -0.316 e. The molecule has 0 atom stereocenters. The van der Waals surface area contributed by atoms with Crippen molar-refractivity contribution in [2.24, 2.45) is 0 Å². The molecule has 1 aromatic rings. The Morgan fingerprint density at radius 3 is 2.96 bits per heavy atom. The van der Waals surface area contributed by atoms with Crippen molar-refractivity contribution in [1.29, 1.82) is 0 Å². The number of fused-ring (bicyclic) bond motifs is 1. The van der Waals surface area contributed by atoms with E-state index < -0.39 is 0 Å². The van der Waals surface area contributed by atoms with Gasteiger partial charge in [-0.3, -0.25) is 9.69 Å². The van der Waals surface area contributed by atoms with E-state index >= 15 is 0 Å². The first-order valence-corrected chi connectivity index (χ1v) is 8.70. The van der Waals surface area contributed by atoms with Crippen molar-refractivity contribution in [2.45, 2.75) is 52.5 Å². The standard InChI is InChI=1S/C18H26N4O/c1-3-22(16-7-5-4-6-8-16)18(23)13-21-10-9-15-11-19-14(2)20-17(15)12-21/h7,11H,3-6,8-10,12-13H2,1-2H3. The number of carbonyl (C=O) groups excluding carboxylic acids is 1. The van der Waals surface area contributed by atoms with Gasteiger partial charge in [-0.2, -0.15) is 0 Å². The molecule has 3 rings (SSSR count). The smallest absolute Gasteiger partial charge is 0.240 e. The molecule has 0 bridgehead atoms. The third-order valence-electron chi connectivity index (χ3n) is 4.74. The van der Waals surface area contributed by atoms with E-state index in [-0.39, 0.29) is 5.91 Å². The Hall–Kier alpha value is -1.75. The Kier molecular flexibility index (Phi) is 5.06. The van der Waals surface area contributed by atoms with Gasteiger partial charge in [-0.25, -0.2) is 9.97 Å². The number of hydrogen-bond acceptors (Lipinski definition) is 4. The Labute approximate surface area is 138 Å². The molecule has 0 radical (unpaired) electrons. The summed E-state index contributed by atoms with van der Waals surface area (Å²) in [5.41, 5.74) is 3.53. The molecule has 2 heterocycles. The van der Waals surface area contributed by atoms with Gasteiger partial charge in [-0.05, 0) is 51.5 Å². The van der Waals surface area contributed by atoms with E-state index in [2.05, 4.69) is 27.9 Å². The molecule has 0 aromatic carbocycles. The zero-order valence-corrected chi connectivity index (χ0v) is 14.2. The van der Waals surface area contributed by atoms with Crippen LogP contribution in [0.25, 0.3) is 0 Å². The number of hydrogen-bond donors (Lipinski definition) is 0. The zero-order valence-electron chi connectivity index (χ0n) is 14.2. The van der Waals surface area contributed by atoms with Crippen LogP contribution < -0.4 is 0 Å². The lowest BCUT2D eigenvalue weighted by atomic mass is 10.0. The van der Waals surface area contributed by atoms with Gasteiger partial charge in [-0.1, -0.05) is 6.08 Å². The Morgan fingerprint density at radius 2 is 2.22 bits per heavy atom. The molecular weight excluding hydrogens is 288 g/mol. The van der Waals surface area contributed by atoms with Crippen molar-refractivity contribution in [3.63, 3.8) is 0 Å². The first kappa shape index (κ1) is 16.1. The molecule has 0 fully saturated rings. The van der Waals surface area contributed by atoms with E-state index in [9.17, 15) is 4.79 Å². The van der Waals surface area contributed by atoms with Crippen LogP contribution in [0.15, 0.2) is 18.0 Å². The quantitative estimate of drug-likeness (QED) is 0.856. The van der Waals surface area contributed by atoms with Crippen LogP contribution in [-0.4, -0.2) is 45.3 Å². The zero-order chi connectivity index (χ0) is 16.2. The van der Waals surface area contributed by atoms with Gasteiger partial charge in [0.1, 0.15) is 5.82 Å². The number of likely N-dealkylation sites (N-methyl/N-ethyl adjacent to an activating group) is 1. The Bertz CT molecular complexity index is 611. The molecule has 1 amide bonds. The molecule has 0 saturated carbocycles. The van der Waals surface area contributed by atoms with Crippen molar-refractivity contribution in [3.05, 3.63) is 35.1 Å². The summed E-state index contributed by atoms with van der Waals surface area (Å²) in [7, 11) is 0. The van der Waals surface area contributed by atoms with Crippen LogP contribution in [0, 0.1) is 6.92 Å². The highest BCUT2D eigenvalue weighted by atomic mass is 16.2. The summed E-state index contributed by atoms with van der Waals surface area (Å²) in [6, 6.07) is 0. The molecule has 5 heteroatoms. The first-order chi connectivity index (χ1) is 11.2. The Balaban J connectivity index is 1.64. The monoisotopic (exact) mass is 314 g/mol. The minimum atomic E-state index is 0.217. The SMILES string of the molecule is CCN(C(=O)CN1CCc2cnc(C)nc2C1)C1=CCCCC1. The van der Waals surface area contributed by atoms with Crippen molar-refractivity contribution >= 4 is 5.91 Å². The van der Waals surface area contributed by atoms with Crippen molar-refractivity contribution < 1.29 is 4.79 Å². The van der Waals surface area contributed by atoms with E-state index in [0.717, 1.165) is 50.4 Å². The molecule has 1 aromatic heterocycles. The highest BCUT2D eigenvalue weighted by molar-refractivity contribution is 5.80. The number of rotatable bonds is 4. The average molecular weight is 314 g/mol. The van der Waals surface area contributed by atoms with Crippen LogP contribution in [0.4, 0.5) is 0 Å². The number of allylic oxidation sites excluding steroid dienone is 2. The minimum absolute atomic E-state index is 0.217. The lowest BCUT2D eigenvalue weighted by molar-refractivity contribution is -0.130. The van der Waals surface area contributed by atoms with Crippen molar-refractivity contribution in [2.75, 3.05) is 19.6 Å². The molecule has 23 heavy (non-hydrogen) atoms. The number of nitrogens with zero attached hydrogens (tertiary/aromatic N) is 4. The highest BCUT2D eigenvalue weighted by Gasteiger charge is 2.24. The lowest BCUT2D eigenvalue weighted by Gasteiger charge is -2.31. The fourth-order valence-electron chi connectivity index (χ4n) is 3.47. The lowest BCUT2D eigenvalue weighted by Crippen LogP contribution is -2.42. The summed E-state index contributed by atoms with van der Waals surface area (Å²) in [4.78, 5) is 25.7. The summed E-state index contributed by atoms with van der Waals surface area (Å²) in [6.45, 7) is 6.88. The molecule has 0 unspecified atom stereocenters. The Morgan fingerprint density at radius 1 is 1.35 bits per heavy atom. The van der Waals surface area contributed by atoms with Crippen molar-refractivity contribution in [1.82, 2.24) is 19.8 Å². The second-order valence-electron chi connectivity index (χ2n) is 6.43. The third kappa shape index (κ3) is 3.78. The maximum Gasteiger partial charge on any atom is 0.240 e. The number of amides is 1. The normalized spacial score (nSPS) is 18.3. The van der Waals surface area contributed by atoms with Crippen LogP contribution in [0.3, 0.4) is 0 Å². The molecule has 1 aliphatic heterocycles. The summed E-state index contributed by atoms with van der Waals surface area (Å²) >= 11 is 0. The van der Waals surface area contributed by atoms with Gasteiger partial charge in [-0.15, -0.1) is 0 Å². The van der Waals surface area contributed by atoms with Crippen molar-refractivity contribution in [3.8, 4) is 0 Å². The van der Waals surface area contributed by atoms with Crippen LogP contribution in [0.2, 0.25) is 0 Å². The summed E-state index contributed by atoms with van der Waals surface area (Å²) in [6.07, 6.45) is 9.69. The molecule has 0 spiro atoms. The van der Waals surface area contributed by atoms with Crippen LogP contribution in [-0.2, 0) is 17.8 Å². The highest BCUT2D eigenvalue weighted by Crippen LogP contribution is 2.22. The maximum absolute atomic E-state index is 12.7. The molecular formula is C18H26N4O. The predicted octanol–water partition coefficient (Wildman–Crippen LogP) is 2.45. The van der Waals surface area contributed by atoms with Gasteiger partial charge in [0.2, 0.25) is 5.91 Å². The fraction of sp³-hybridized carbons (Fsp3) is 0.611. The van der Waals surface area contributed by atoms with Gasteiger partial charge in [0.15, 0.2) is 0 Å². The number of aryl methyl sites for hydroxylation is 1. The van der Waals surface area contributed by atoms with E-state index in [1.54, 1.807) is 0 Å². The largest absolute Gasteiger partial charge is 0.316 e. The third-order valence-corrected chi connectivity index (χ3v) is 4.74. The second-order valence-corrected chi connectivity index (χ2v) is 6.43. The van der Waals surface area contributed by atoms with Crippen LogP contribution in [0.1, 0.15) is 49.7 Å². The average Bonchev–Trinajstić information content (AvgIpc) is 2.56. The van der Waals surface area contributed by atoms with Crippen LogP contribution >= 0.6 is 0 Å². The fourth-order valence-corrected chi connectivity index (χ4v) is 3.47. The molecule has 0 saturated heterocycles. The summed E-state index contributed by atoms with van der Waals surface area (Å²) in [5.74, 6) is 1.02. The molecule has 0 N–H and O–H groups in total. The van der Waals surface area contributed by atoms with Gasteiger partial charge in [0.05, 0.1) is 12.2 Å². The van der Waals surface area contributed by atoms with Gasteiger partial charge >= 0.3 is 0 Å². The van der Waals surface area contributed by atoms with Crippen LogP contribution in [0.5, 0.6) is 0 Å². The molecule has 1 aliphatic carbocycles. The number of carbonyl (C=O) groups is 1. The summed E-state index contributed by atoms with van der Waals surface area (Å²) < 4.78 is 0. The van der Waals surface area contributed by atoms with E-state index in [1.165, 1.54) is 24.1 Å². The molecule has 5 nitrogen and oxygen atoms in total. The maximum atomic E-state index is 12.7. The first-order valence-electron chi connectivity index (χ1n) is 8.70. The summed E-state index contributed by atoms with van der Waals surface area (Å²) in [5, 5.41) is 0.